The van der Waals surface area contributed by atoms with Gasteiger partial charge in [0.25, 0.3) is 0 Å². The Labute approximate surface area is 98.0 Å². The molecule has 5 heteroatoms. The quantitative estimate of drug-likeness (QED) is 0.793. The van der Waals surface area contributed by atoms with Gasteiger partial charge in [0, 0.05) is 23.0 Å². The van der Waals surface area contributed by atoms with E-state index in [1.165, 1.54) is 6.07 Å². The van der Waals surface area contributed by atoms with E-state index in [9.17, 15) is 9.18 Å². The number of nitrogens with one attached hydrogen (secondary N) is 2. The van der Waals surface area contributed by atoms with E-state index in [1.54, 1.807) is 12.1 Å². The number of hydrazine groups is 1. The van der Waals surface area contributed by atoms with Crippen LogP contribution in [0.15, 0.2) is 18.2 Å². The number of halogens is 2. The molecule has 1 fully saturated rings. The Kier molecular flexibility index (Phi) is 3.41. The molecule has 16 heavy (non-hydrogen) atoms. The molecular weight excluding hydrogens is 231 g/mol. The molecule has 1 saturated carbocycles. The van der Waals surface area contributed by atoms with E-state index in [0.29, 0.717) is 10.6 Å². The number of amides is 1. The maximum atomic E-state index is 13.3. The maximum Gasteiger partial charge on any atom is 0.237 e. The third kappa shape index (κ3) is 2.93. The molecule has 0 bridgehead atoms. The summed E-state index contributed by atoms with van der Waals surface area (Å²) >= 11 is 5.62. The van der Waals surface area contributed by atoms with Crippen molar-refractivity contribution in [2.75, 3.05) is 0 Å². The van der Waals surface area contributed by atoms with Crippen LogP contribution in [0, 0.1) is 11.7 Å². The van der Waals surface area contributed by atoms with Gasteiger partial charge in [-0.15, -0.1) is 0 Å². The summed E-state index contributed by atoms with van der Waals surface area (Å²) in [5.41, 5.74) is 5.72. The fourth-order valence-corrected chi connectivity index (χ4v) is 1.50. The average molecular weight is 243 g/mol. The first-order valence-electron chi connectivity index (χ1n) is 5.13. The second-order valence-electron chi connectivity index (χ2n) is 3.85. The van der Waals surface area contributed by atoms with Crippen molar-refractivity contribution >= 4 is 17.5 Å². The molecule has 1 aromatic carbocycles. The van der Waals surface area contributed by atoms with Crippen molar-refractivity contribution in [3.8, 4) is 0 Å². The molecule has 2 rings (SSSR count). The van der Waals surface area contributed by atoms with Crippen LogP contribution in [0.5, 0.6) is 0 Å². The smallest absolute Gasteiger partial charge is 0.237 e. The van der Waals surface area contributed by atoms with Gasteiger partial charge in [0.1, 0.15) is 5.82 Å². The zero-order valence-electron chi connectivity index (χ0n) is 8.59. The molecular formula is C11H12ClFN2O. The van der Waals surface area contributed by atoms with Crippen molar-refractivity contribution in [3.63, 3.8) is 0 Å². The van der Waals surface area contributed by atoms with Crippen LogP contribution in [0.1, 0.15) is 18.4 Å². The number of rotatable bonds is 4. The lowest BCUT2D eigenvalue weighted by molar-refractivity contribution is -0.123. The van der Waals surface area contributed by atoms with Gasteiger partial charge in [-0.2, -0.15) is 0 Å². The first kappa shape index (κ1) is 11.4. The molecule has 0 unspecified atom stereocenters. The van der Waals surface area contributed by atoms with Crippen molar-refractivity contribution in [3.05, 3.63) is 34.6 Å². The summed E-state index contributed by atoms with van der Waals surface area (Å²) in [6, 6.07) is 4.46. The van der Waals surface area contributed by atoms with Gasteiger partial charge >= 0.3 is 0 Å². The highest BCUT2D eigenvalue weighted by molar-refractivity contribution is 6.30. The van der Waals surface area contributed by atoms with Gasteiger partial charge in [0.15, 0.2) is 0 Å². The topological polar surface area (TPSA) is 41.1 Å². The van der Waals surface area contributed by atoms with Crippen LogP contribution >= 0.6 is 11.6 Å². The molecule has 0 heterocycles. The Morgan fingerprint density at radius 3 is 2.88 bits per heavy atom. The largest absolute Gasteiger partial charge is 0.291 e. The van der Waals surface area contributed by atoms with Gasteiger partial charge in [-0.1, -0.05) is 17.7 Å². The van der Waals surface area contributed by atoms with Crippen LogP contribution in [0.2, 0.25) is 5.02 Å². The minimum absolute atomic E-state index is 0.0191. The summed E-state index contributed by atoms with van der Waals surface area (Å²) in [6.45, 7) is 0.251. The fourth-order valence-electron chi connectivity index (χ4n) is 1.34. The van der Waals surface area contributed by atoms with E-state index in [2.05, 4.69) is 10.9 Å². The molecule has 0 saturated heterocycles. The van der Waals surface area contributed by atoms with Gasteiger partial charge < -0.3 is 0 Å². The van der Waals surface area contributed by atoms with Crippen molar-refractivity contribution in [1.29, 1.82) is 0 Å². The molecule has 0 atom stereocenters. The second kappa shape index (κ2) is 4.80. The van der Waals surface area contributed by atoms with Crippen LogP contribution in [-0.2, 0) is 11.3 Å². The Hall–Kier alpha value is -1.13. The number of hydrogen-bond donors (Lipinski definition) is 2. The van der Waals surface area contributed by atoms with Crippen molar-refractivity contribution in [1.82, 2.24) is 10.9 Å². The Morgan fingerprint density at radius 1 is 1.50 bits per heavy atom. The highest BCUT2D eigenvalue weighted by Crippen LogP contribution is 2.28. The summed E-state index contributed by atoms with van der Waals surface area (Å²) in [7, 11) is 0. The van der Waals surface area contributed by atoms with Gasteiger partial charge in [-0.05, 0) is 25.0 Å². The van der Waals surface area contributed by atoms with E-state index in [0.717, 1.165) is 12.8 Å². The Balaban J connectivity index is 1.82. The maximum absolute atomic E-state index is 13.3. The van der Waals surface area contributed by atoms with Gasteiger partial charge in [-0.3, -0.25) is 10.2 Å². The molecule has 86 valence electrons. The van der Waals surface area contributed by atoms with Crippen LogP contribution in [0.3, 0.4) is 0 Å². The van der Waals surface area contributed by atoms with E-state index in [1.807, 2.05) is 0 Å². The molecule has 0 aliphatic heterocycles. The normalized spacial score (nSPS) is 14.9. The molecule has 0 radical (unpaired) electrons. The molecule has 1 aromatic rings. The van der Waals surface area contributed by atoms with Crippen LogP contribution in [0.4, 0.5) is 4.39 Å². The minimum atomic E-state index is -0.374. The summed E-state index contributed by atoms with van der Waals surface area (Å²) < 4.78 is 13.3. The molecule has 2 N–H and O–H groups in total. The van der Waals surface area contributed by atoms with E-state index < -0.39 is 0 Å². The van der Waals surface area contributed by atoms with Gasteiger partial charge in [0.05, 0.1) is 0 Å². The number of hydrogen-bond acceptors (Lipinski definition) is 2. The summed E-state index contributed by atoms with van der Waals surface area (Å²) in [5, 5.41) is 0.364. The zero-order valence-corrected chi connectivity index (χ0v) is 9.35. The lowest BCUT2D eigenvalue weighted by atomic mass is 10.2. The molecule has 1 aliphatic carbocycles. The molecule has 1 aliphatic rings. The molecule has 0 aromatic heterocycles. The third-order valence-corrected chi connectivity index (χ3v) is 2.69. The highest BCUT2D eigenvalue weighted by atomic mass is 35.5. The lowest BCUT2D eigenvalue weighted by Crippen LogP contribution is -2.37. The van der Waals surface area contributed by atoms with Crippen LogP contribution in [-0.4, -0.2) is 5.91 Å². The molecule has 1 amide bonds. The summed E-state index contributed by atoms with van der Waals surface area (Å²) in [5.74, 6) is -0.252. The van der Waals surface area contributed by atoms with Gasteiger partial charge in [-0.25, -0.2) is 9.82 Å². The zero-order chi connectivity index (χ0) is 11.5. The SMILES string of the molecule is O=C(NNCc1ccc(Cl)cc1F)C1CC1. The standard InChI is InChI=1S/C11H12ClFN2O/c12-9-4-3-8(10(13)5-9)6-14-15-11(16)7-1-2-7/h3-5,7,14H,1-2,6H2,(H,15,16). The minimum Gasteiger partial charge on any atom is -0.291 e. The predicted octanol–water partition coefficient (Wildman–Crippen LogP) is 2.01. The van der Waals surface area contributed by atoms with E-state index >= 15 is 0 Å². The predicted molar refractivity (Wildman–Crippen MR) is 59.1 cm³/mol. The monoisotopic (exact) mass is 242 g/mol. The first-order chi connectivity index (χ1) is 7.66. The molecule has 0 spiro atoms. The molecule has 3 nitrogen and oxygen atoms in total. The lowest BCUT2D eigenvalue weighted by Gasteiger charge is -2.07. The van der Waals surface area contributed by atoms with Crippen LogP contribution in [0.25, 0.3) is 0 Å². The first-order valence-corrected chi connectivity index (χ1v) is 5.51. The number of carbonyl (C=O) groups excluding carboxylic acids is 1. The van der Waals surface area contributed by atoms with Crippen molar-refractivity contribution < 1.29 is 9.18 Å². The average Bonchev–Trinajstić information content (AvgIpc) is 3.04. The second-order valence-corrected chi connectivity index (χ2v) is 4.29. The summed E-state index contributed by atoms with van der Waals surface area (Å²) in [6.07, 6.45) is 1.89. The number of benzene rings is 1. The third-order valence-electron chi connectivity index (χ3n) is 2.45. The van der Waals surface area contributed by atoms with E-state index in [4.69, 9.17) is 11.6 Å². The van der Waals surface area contributed by atoms with Crippen molar-refractivity contribution in [2.24, 2.45) is 5.92 Å². The van der Waals surface area contributed by atoms with Crippen LogP contribution < -0.4 is 10.9 Å². The Bertz CT molecular complexity index is 407. The van der Waals surface area contributed by atoms with Crippen molar-refractivity contribution in [2.45, 2.75) is 19.4 Å². The summed E-state index contributed by atoms with van der Waals surface area (Å²) in [4.78, 5) is 11.2. The fraction of sp³-hybridized carbons (Fsp3) is 0.364. The number of carbonyl (C=O) groups is 1. The van der Waals surface area contributed by atoms with Gasteiger partial charge in [0.2, 0.25) is 5.91 Å². The highest BCUT2D eigenvalue weighted by Gasteiger charge is 2.29. The Morgan fingerprint density at radius 2 is 2.25 bits per heavy atom. The van der Waals surface area contributed by atoms with E-state index in [-0.39, 0.29) is 24.2 Å².